The SMILES string of the molecule is COc1ccc(-c2noc(CCC(=O)N3CCOCC3(C)C)n2)cc1. The monoisotopic (exact) mass is 345 g/mol. The molecule has 2 heterocycles. The molecule has 1 amide bonds. The molecule has 7 nitrogen and oxygen atoms in total. The van der Waals surface area contributed by atoms with Crippen LogP contribution in [0.15, 0.2) is 28.8 Å². The number of ether oxygens (including phenoxy) is 2. The quantitative estimate of drug-likeness (QED) is 0.827. The van der Waals surface area contributed by atoms with Gasteiger partial charge in [0.2, 0.25) is 17.6 Å². The summed E-state index contributed by atoms with van der Waals surface area (Å²) >= 11 is 0. The molecule has 1 saturated heterocycles. The topological polar surface area (TPSA) is 77.7 Å². The van der Waals surface area contributed by atoms with Crippen LogP contribution in [0.5, 0.6) is 5.75 Å². The lowest BCUT2D eigenvalue weighted by Crippen LogP contribution is -2.55. The maximum Gasteiger partial charge on any atom is 0.227 e. The van der Waals surface area contributed by atoms with E-state index in [9.17, 15) is 4.79 Å². The number of rotatable bonds is 5. The van der Waals surface area contributed by atoms with Crippen molar-refractivity contribution >= 4 is 5.91 Å². The second kappa shape index (κ2) is 7.23. The molecule has 0 atom stereocenters. The third-order valence-corrected chi connectivity index (χ3v) is 4.32. The number of carbonyl (C=O) groups is 1. The lowest BCUT2D eigenvalue weighted by molar-refractivity contribution is -0.146. The van der Waals surface area contributed by atoms with Gasteiger partial charge < -0.3 is 18.9 Å². The predicted molar refractivity (Wildman–Crippen MR) is 91.2 cm³/mol. The highest BCUT2D eigenvalue weighted by Gasteiger charge is 2.33. The maximum absolute atomic E-state index is 12.5. The molecule has 1 aliphatic heterocycles. The van der Waals surface area contributed by atoms with E-state index >= 15 is 0 Å². The van der Waals surface area contributed by atoms with Crippen LogP contribution in [0, 0.1) is 0 Å². The Morgan fingerprint density at radius 1 is 1.32 bits per heavy atom. The van der Waals surface area contributed by atoms with Gasteiger partial charge in [0, 0.05) is 24.9 Å². The zero-order valence-electron chi connectivity index (χ0n) is 14.8. The molecule has 0 radical (unpaired) electrons. The first kappa shape index (κ1) is 17.4. The van der Waals surface area contributed by atoms with E-state index in [4.69, 9.17) is 14.0 Å². The smallest absolute Gasteiger partial charge is 0.227 e. The van der Waals surface area contributed by atoms with Gasteiger partial charge in [0.1, 0.15) is 5.75 Å². The van der Waals surface area contributed by atoms with Crippen molar-refractivity contribution in [3.8, 4) is 17.1 Å². The summed E-state index contributed by atoms with van der Waals surface area (Å²) in [5.41, 5.74) is 0.565. The summed E-state index contributed by atoms with van der Waals surface area (Å²) in [6, 6.07) is 7.43. The number of hydrogen-bond acceptors (Lipinski definition) is 6. The zero-order valence-corrected chi connectivity index (χ0v) is 14.8. The zero-order chi connectivity index (χ0) is 17.9. The fourth-order valence-corrected chi connectivity index (χ4v) is 2.88. The van der Waals surface area contributed by atoms with Crippen molar-refractivity contribution < 1.29 is 18.8 Å². The second-order valence-corrected chi connectivity index (χ2v) is 6.65. The van der Waals surface area contributed by atoms with Crippen LogP contribution in [0.4, 0.5) is 0 Å². The molecular formula is C18H23N3O4. The summed E-state index contributed by atoms with van der Waals surface area (Å²) in [5, 5.41) is 3.99. The number of morpholine rings is 1. The number of hydrogen-bond donors (Lipinski definition) is 0. The Labute approximate surface area is 146 Å². The molecule has 2 aromatic rings. The first-order valence-corrected chi connectivity index (χ1v) is 8.35. The van der Waals surface area contributed by atoms with E-state index in [1.807, 2.05) is 43.0 Å². The third kappa shape index (κ3) is 3.99. The molecule has 0 N–H and O–H groups in total. The molecule has 25 heavy (non-hydrogen) atoms. The van der Waals surface area contributed by atoms with E-state index in [-0.39, 0.29) is 11.4 Å². The van der Waals surface area contributed by atoms with Gasteiger partial charge in [-0.2, -0.15) is 4.98 Å². The van der Waals surface area contributed by atoms with Crippen LogP contribution in [-0.2, 0) is 16.0 Å². The minimum Gasteiger partial charge on any atom is -0.497 e. The Balaban J connectivity index is 1.60. The van der Waals surface area contributed by atoms with E-state index in [0.29, 0.717) is 44.3 Å². The van der Waals surface area contributed by atoms with Crippen LogP contribution in [0.3, 0.4) is 0 Å². The average Bonchev–Trinajstić information content (AvgIpc) is 3.08. The molecule has 1 aromatic carbocycles. The van der Waals surface area contributed by atoms with Crippen molar-refractivity contribution in [1.82, 2.24) is 15.0 Å². The Hall–Kier alpha value is -2.41. The van der Waals surface area contributed by atoms with E-state index in [0.717, 1.165) is 11.3 Å². The Morgan fingerprint density at radius 2 is 2.08 bits per heavy atom. The number of amides is 1. The highest BCUT2D eigenvalue weighted by Crippen LogP contribution is 2.22. The minimum absolute atomic E-state index is 0.0810. The molecule has 1 fully saturated rings. The van der Waals surface area contributed by atoms with Crippen LogP contribution in [0.1, 0.15) is 26.2 Å². The van der Waals surface area contributed by atoms with Crippen molar-refractivity contribution in [2.24, 2.45) is 0 Å². The summed E-state index contributed by atoms with van der Waals surface area (Å²) < 4.78 is 15.9. The van der Waals surface area contributed by atoms with Crippen molar-refractivity contribution in [3.05, 3.63) is 30.2 Å². The Bertz CT molecular complexity index is 724. The largest absolute Gasteiger partial charge is 0.497 e. The van der Waals surface area contributed by atoms with Crippen LogP contribution < -0.4 is 4.74 Å². The molecule has 0 unspecified atom stereocenters. The lowest BCUT2D eigenvalue weighted by atomic mass is 10.0. The van der Waals surface area contributed by atoms with Crippen LogP contribution in [0.2, 0.25) is 0 Å². The number of methoxy groups -OCH3 is 1. The molecule has 0 spiro atoms. The van der Waals surface area contributed by atoms with Crippen molar-refractivity contribution in [2.75, 3.05) is 26.9 Å². The molecule has 1 aliphatic rings. The summed E-state index contributed by atoms with van der Waals surface area (Å²) in [4.78, 5) is 18.7. The average molecular weight is 345 g/mol. The fraction of sp³-hybridized carbons (Fsp3) is 0.500. The molecule has 0 aliphatic carbocycles. The van der Waals surface area contributed by atoms with Gasteiger partial charge in [-0.3, -0.25) is 4.79 Å². The first-order valence-electron chi connectivity index (χ1n) is 8.35. The fourth-order valence-electron chi connectivity index (χ4n) is 2.88. The molecule has 0 saturated carbocycles. The highest BCUT2D eigenvalue weighted by atomic mass is 16.5. The highest BCUT2D eigenvalue weighted by molar-refractivity contribution is 5.77. The summed E-state index contributed by atoms with van der Waals surface area (Å²) in [6.07, 6.45) is 0.767. The number of aryl methyl sites for hydroxylation is 1. The molecule has 1 aromatic heterocycles. The van der Waals surface area contributed by atoms with Gasteiger partial charge in [-0.05, 0) is 38.1 Å². The van der Waals surface area contributed by atoms with Gasteiger partial charge >= 0.3 is 0 Å². The van der Waals surface area contributed by atoms with Crippen LogP contribution in [-0.4, -0.2) is 53.4 Å². The van der Waals surface area contributed by atoms with Gasteiger partial charge in [0.05, 0.1) is 25.9 Å². The van der Waals surface area contributed by atoms with Crippen LogP contribution in [0.25, 0.3) is 11.4 Å². The lowest BCUT2D eigenvalue weighted by Gasteiger charge is -2.42. The van der Waals surface area contributed by atoms with Gasteiger partial charge in [-0.1, -0.05) is 5.16 Å². The van der Waals surface area contributed by atoms with Gasteiger partial charge in [-0.25, -0.2) is 0 Å². The maximum atomic E-state index is 12.5. The standard InChI is InChI=1S/C18H23N3O4/c1-18(2)12-24-11-10-21(18)16(22)9-8-15-19-17(20-25-15)13-4-6-14(23-3)7-5-13/h4-7H,8-12H2,1-3H3. The second-order valence-electron chi connectivity index (χ2n) is 6.65. The van der Waals surface area contributed by atoms with Gasteiger partial charge in [0.25, 0.3) is 0 Å². The van der Waals surface area contributed by atoms with Crippen LogP contribution >= 0.6 is 0 Å². The molecule has 3 rings (SSSR count). The van der Waals surface area contributed by atoms with Crippen molar-refractivity contribution in [1.29, 1.82) is 0 Å². The number of benzene rings is 1. The normalized spacial score (nSPS) is 16.7. The van der Waals surface area contributed by atoms with Crippen molar-refractivity contribution in [2.45, 2.75) is 32.2 Å². The van der Waals surface area contributed by atoms with Crippen molar-refractivity contribution in [3.63, 3.8) is 0 Å². The summed E-state index contributed by atoms with van der Waals surface area (Å²) in [7, 11) is 1.62. The molecular weight excluding hydrogens is 322 g/mol. The van der Waals surface area contributed by atoms with E-state index in [1.54, 1.807) is 7.11 Å². The van der Waals surface area contributed by atoms with E-state index < -0.39 is 0 Å². The molecule has 134 valence electrons. The third-order valence-electron chi connectivity index (χ3n) is 4.32. The number of aromatic nitrogens is 2. The van der Waals surface area contributed by atoms with E-state index in [2.05, 4.69) is 10.1 Å². The Morgan fingerprint density at radius 3 is 2.76 bits per heavy atom. The molecule has 7 heteroatoms. The Kier molecular flexibility index (Phi) is 5.03. The van der Waals surface area contributed by atoms with E-state index in [1.165, 1.54) is 0 Å². The predicted octanol–water partition coefficient (Wildman–Crippen LogP) is 2.32. The summed E-state index contributed by atoms with van der Waals surface area (Å²) in [5.74, 6) is 1.82. The molecule has 0 bridgehead atoms. The number of nitrogens with zero attached hydrogens (tertiary/aromatic N) is 3. The summed E-state index contributed by atoms with van der Waals surface area (Å²) in [6.45, 7) is 5.78. The number of carbonyl (C=O) groups excluding carboxylic acids is 1. The van der Waals surface area contributed by atoms with Gasteiger partial charge in [0.15, 0.2) is 0 Å². The first-order chi connectivity index (χ1) is 12.0. The van der Waals surface area contributed by atoms with Gasteiger partial charge in [-0.15, -0.1) is 0 Å². The minimum atomic E-state index is -0.279.